The zero-order valence-electron chi connectivity index (χ0n) is 11.1. The smallest absolute Gasteiger partial charge is 0.408 e. The summed E-state index contributed by atoms with van der Waals surface area (Å²) in [6.07, 6.45) is -0.0557. The lowest BCUT2D eigenvalue weighted by atomic mass is 10.1. The summed E-state index contributed by atoms with van der Waals surface area (Å²) in [5.41, 5.74) is 0.898. The second-order valence-corrected chi connectivity index (χ2v) is 5.17. The van der Waals surface area contributed by atoms with Crippen LogP contribution in [0.1, 0.15) is 25.8 Å². The first-order valence-corrected chi connectivity index (χ1v) is 6.63. The van der Waals surface area contributed by atoms with Gasteiger partial charge in [-0.1, -0.05) is 44.2 Å². The van der Waals surface area contributed by atoms with Crippen LogP contribution in [-0.4, -0.2) is 17.3 Å². The summed E-state index contributed by atoms with van der Waals surface area (Å²) < 4.78 is 5.05. The maximum absolute atomic E-state index is 11.6. The third kappa shape index (κ3) is 6.29. The molecule has 4 nitrogen and oxygen atoms in total. The number of nitrogens with one attached hydrogen (secondary N) is 1. The summed E-state index contributed by atoms with van der Waals surface area (Å²) in [6, 6.07) is 8.75. The van der Waals surface area contributed by atoms with Crippen molar-refractivity contribution in [3.8, 4) is 0 Å². The third-order valence-corrected chi connectivity index (χ3v) is 2.82. The van der Waals surface area contributed by atoms with Crippen molar-refractivity contribution in [2.45, 2.75) is 32.9 Å². The van der Waals surface area contributed by atoms with Gasteiger partial charge in [0.1, 0.15) is 12.6 Å². The molecule has 0 aliphatic heterocycles. The lowest BCUT2D eigenvalue weighted by molar-refractivity contribution is -0.112. The lowest BCUT2D eigenvalue weighted by Crippen LogP contribution is -2.40. The molecular formula is C14H19NO3S. The van der Waals surface area contributed by atoms with Crippen molar-refractivity contribution in [3.63, 3.8) is 0 Å². The Bertz CT molecular complexity index is 420. The van der Waals surface area contributed by atoms with Crippen molar-refractivity contribution in [3.05, 3.63) is 35.9 Å². The number of carbonyl (C=O) groups excluding carboxylic acids is 2. The van der Waals surface area contributed by atoms with Crippen LogP contribution in [0.4, 0.5) is 4.79 Å². The lowest BCUT2D eigenvalue weighted by Gasteiger charge is -2.17. The molecule has 5 heteroatoms. The van der Waals surface area contributed by atoms with Crippen molar-refractivity contribution in [2.75, 3.05) is 0 Å². The fraction of sp³-hybridized carbons (Fsp3) is 0.429. The molecule has 0 spiro atoms. The molecule has 0 aliphatic carbocycles. The number of amides is 1. The molecule has 0 radical (unpaired) electrons. The van der Waals surface area contributed by atoms with Gasteiger partial charge in [-0.05, 0) is 17.9 Å². The van der Waals surface area contributed by atoms with Crippen molar-refractivity contribution in [1.82, 2.24) is 5.32 Å². The molecule has 1 aromatic rings. The van der Waals surface area contributed by atoms with Crippen LogP contribution in [0.2, 0.25) is 0 Å². The van der Waals surface area contributed by atoms with E-state index in [2.05, 4.69) is 17.9 Å². The van der Waals surface area contributed by atoms with Gasteiger partial charge in [-0.2, -0.15) is 0 Å². The van der Waals surface area contributed by atoms with Crippen LogP contribution in [-0.2, 0) is 16.1 Å². The van der Waals surface area contributed by atoms with Crippen LogP contribution in [0.3, 0.4) is 0 Å². The largest absolute Gasteiger partial charge is 0.445 e. The Labute approximate surface area is 118 Å². The highest BCUT2D eigenvalue weighted by Gasteiger charge is 2.19. The predicted octanol–water partition coefficient (Wildman–Crippen LogP) is 2.78. The Morgan fingerprint density at radius 1 is 1.26 bits per heavy atom. The number of benzene rings is 1. The van der Waals surface area contributed by atoms with Crippen LogP contribution in [0.25, 0.3) is 0 Å². The first kappa shape index (κ1) is 15.6. The molecule has 1 N–H and O–H groups in total. The molecule has 0 bridgehead atoms. The summed E-state index contributed by atoms with van der Waals surface area (Å²) in [5, 5.41) is 2.17. The fourth-order valence-corrected chi connectivity index (χ4v) is 1.77. The van der Waals surface area contributed by atoms with Gasteiger partial charge in [0, 0.05) is 0 Å². The van der Waals surface area contributed by atoms with Gasteiger partial charge in [0.2, 0.25) is 5.12 Å². The van der Waals surface area contributed by atoms with E-state index in [9.17, 15) is 9.59 Å². The quantitative estimate of drug-likeness (QED) is 0.788. The minimum atomic E-state index is -0.605. The summed E-state index contributed by atoms with van der Waals surface area (Å²) in [7, 11) is 0. The van der Waals surface area contributed by atoms with E-state index in [0.29, 0.717) is 6.42 Å². The van der Waals surface area contributed by atoms with E-state index in [4.69, 9.17) is 4.74 Å². The zero-order chi connectivity index (χ0) is 14.3. The van der Waals surface area contributed by atoms with E-state index >= 15 is 0 Å². The Balaban J connectivity index is 2.42. The number of alkyl carbamates (subject to hydrolysis) is 1. The number of carbonyl (C=O) groups is 2. The van der Waals surface area contributed by atoms with Gasteiger partial charge in [0.15, 0.2) is 0 Å². The van der Waals surface area contributed by atoms with E-state index in [1.807, 2.05) is 44.2 Å². The van der Waals surface area contributed by atoms with Crippen LogP contribution in [0.15, 0.2) is 30.3 Å². The molecule has 0 saturated carbocycles. The molecule has 1 amide bonds. The van der Waals surface area contributed by atoms with Gasteiger partial charge in [-0.3, -0.25) is 4.79 Å². The molecule has 1 rings (SSSR count). The van der Waals surface area contributed by atoms with Crippen LogP contribution < -0.4 is 5.32 Å². The maximum atomic E-state index is 11.6. The van der Waals surface area contributed by atoms with E-state index in [-0.39, 0.29) is 17.6 Å². The molecular weight excluding hydrogens is 262 g/mol. The Morgan fingerprint density at radius 2 is 1.89 bits per heavy atom. The van der Waals surface area contributed by atoms with Crippen molar-refractivity contribution in [1.29, 1.82) is 0 Å². The minimum absolute atomic E-state index is 0.182. The topological polar surface area (TPSA) is 55.4 Å². The molecule has 104 valence electrons. The Hall–Kier alpha value is -1.49. The average Bonchev–Trinajstić information content (AvgIpc) is 2.36. The van der Waals surface area contributed by atoms with Gasteiger partial charge in [-0.25, -0.2) is 4.79 Å². The number of hydrogen-bond acceptors (Lipinski definition) is 3. The van der Waals surface area contributed by atoms with Crippen molar-refractivity contribution in [2.24, 2.45) is 5.92 Å². The van der Waals surface area contributed by atoms with Gasteiger partial charge in [0.05, 0.1) is 0 Å². The summed E-state index contributed by atoms with van der Waals surface area (Å²) in [6.45, 7) is 4.13. The average molecular weight is 281 g/mol. The number of rotatable bonds is 6. The molecule has 1 atom stereocenters. The van der Waals surface area contributed by atoms with E-state index in [1.165, 1.54) is 0 Å². The highest BCUT2D eigenvalue weighted by molar-refractivity contribution is 7.96. The van der Waals surface area contributed by atoms with E-state index < -0.39 is 12.1 Å². The Kier molecular flexibility index (Phi) is 6.42. The molecule has 1 aromatic carbocycles. The number of ether oxygens (including phenoxy) is 1. The molecule has 0 aliphatic rings. The number of thiol groups is 1. The first-order valence-electron chi connectivity index (χ1n) is 6.19. The fourth-order valence-electron chi connectivity index (χ4n) is 1.60. The maximum Gasteiger partial charge on any atom is 0.408 e. The predicted molar refractivity (Wildman–Crippen MR) is 77.0 cm³/mol. The standard InChI is InChI=1S/C14H19NO3S/c1-10(2)8-12(13(16)19)15-14(17)18-9-11-6-4-3-5-7-11/h3-7,10,12H,8-9H2,1-2H3,(H,15,17)(H,16,19)/t12-/m1/s1. The van der Waals surface area contributed by atoms with Gasteiger partial charge in [-0.15, -0.1) is 12.6 Å². The van der Waals surface area contributed by atoms with Crippen molar-refractivity contribution < 1.29 is 14.3 Å². The highest BCUT2D eigenvalue weighted by atomic mass is 32.1. The van der Waals surface area contributed by atoms with Crippen LogP contribution >= 0.6 is 12.6 Å². The molecule has 0 aromatic heterocycles. The summed E-state index contributed by atoms with van der Waals surface area (Å²) in [5.74, 6) is 0.288. The molecule has 19 heavy (non-hydrogen) atoms. The number of hydrogen-bond donors (Lipinski definition) is 2. The summed E-state index contributed by atoms with van der Waals surface area (Å²) >= 11 is 3.77. The highest BCUT2D eigenvalue weighted by Crippen LogP contribution is 2.08. The molecule has 0 unspecified atom stereocenters. The molecule has 0 heterocycles. The summed E-state index contributed by atoms with van der Waals surface area (Å²) in [4.78, 5) is 22.9. The van der Waals surface area contributed by atoms with Crippen LogP contribution in [0.5, 0.6) is 0 Å². The van der Waals surface area contributed by atoms with Crippen LogP contribution in [0, 0.1) is 5.92 Å². The molecule has 0 saturated heterocycles. The minimum Gasteiger partial charge on any atom is -0.445 e. The first-order chi connectivity index (χ1) is 8.99. The second-order valence-electron chi connectivity index (χ2n) is 4.73. The van der Waals surface area contributed by atoms with E-state index in [1.54, 1.807) is 0 Å². The second kappa shape index (κ2) is 7.84. The normalized spacial score (nSPS) is 12.0. The van der Waals surface area contributed by atoms with Crippen molar-refractivity contribution >= 4 is 23.8 Å². The van der Waals surface area contributed by atoms with Gasteiger partial charge >= 0.3 is 6.09 Å². The Morgan fingerprint density at radius 3 is 2.42 bits per heavy atom. The third-order valence-electron chi connectivity index (χ3n) is 2.51. The molecule has 0 fully saturated rings. The zero-order valence-corrected chi connectivity index (χ0v) is 12.0. The SMILES string of the molecule is CC(C)C[C@@H](NC(=O)OCc1ccccc1)C(=O)S. The van der Waals surface area contributed by atoms with Gasteiger partial charge < -0.3 is 10.1 Å². The van der Waals surface area contributed by atoms with Gasteiger partial charge in [0.25, 0.3) is 0 Å². The van der Waals surface area contributed by atoms with E-state index in [0.717, 1.165) is 5.56 Å². The monoisotopic (exact) mass is 281 g/mol.